The van der Waals surface area contributed by atoms with Crippen molar-refractivity contribution >= 4 is 22.5 Å². The molecule has 1 aromatic heterocycles. The molecule has 0 radical (unpaired) electrons. The van der Waals surface area contributed by atoms with Gasteiger partial charge >= 0.3 is 6.18 Å². The Kier molecular flexibility index (Phi) is 7.32. The summed E-state index contributed by atoms with van der Waals surface area (Å²) >= 11 is 6.05. The lowest BCUT2D eigenvalue weighted by Crippen LogP contribution is -2.05. The number of hydrogen-bond acceptors (Lipinski definition) is 2. The van der Waals surface area contributed by atoms with Crippen LogP contribution in [0.3, 0.4) is 0 Å². The minimum atomic E-state index is -4.50. The molecule has 0 saturated carbocycles. The van der Waals surface area contributed by atoms with E-state index in [1.165, 1.54) is 0 Å². The molecular formula is C23H26ClF3N2O. The Labute approximate surface area is 179 Å². The highest BCUT2D eigenvalue weighted by Gasteiger charge is 2.34. The Morgan fingerprint density at radius 3 is 2.43 bits per heavy atom. The number of alkyl halides is 3. The van der Waals surface area contributed by atoms with Crippen molar-refractivity contribution in [3.8, 4) is 17.0 Å². The van der Waals surface area contributed by atoms with Gasteiger partial charge in [0.15, 0.2) is 0 Å². The van der Waals surface area contributed by atoms with Gasteiger partial charge in [-0.3, -0.25) is 0 Å². The van der Waals surface area contributed by atoms with E-state index in [0.29, 0.717) is 30.7 Å². The predicted octanol–water partition coefficient (Wildman–Crippen LogP) is 6.97. The standard InChI is InChI=1S/C23H26ClF3N2O/c1-2-3-12-30-17-9-7-15(8-10-17)21-18(6-4-5-11-28)19-13-16(24)14-20(22(19)29-21)23(25,26)27/h7-10,13-14,29H,2-6,11-12,28H2,1H3. The number of rotatable bonds is 9. The van der Waals surface area contributed by atoms with Crippen molar-refractivity contribution in [3.05, 3.63) is 52.5 Å². The molecule has 7 heteroatoms. The third-order valence-corrected chi connectivity index (χ3v) is 5.29. The number of ether oxygens (including phenoxy) is 1. The molecule has 0 aliphatic carbocycles. The summed E-state index contributed by atoms with van der Waals surface area (Å²) in [5.41, 5.74) is 7.23. The first-order chi connectivity index (χ1) is 14.3. The van der Waals surface area contributed by atoms with E-state index in [1.54, 1.807) is 6.07 Å². The number of H-pyrrole nitrogens is 1. The van der Waals surface area contributed by atoms with Crippen molar-refractivity contribution in [1.29, 1.82) is 0 Å². The molecule has 3 aromatic rings. The maximum absolute atomic E-state index is 13.6. The van der Waals surface area contributed by atoms with Gasteiger partial charge in [0.2, 0.25) is 0 Å². The molecule has 3 N–H and O–H groups in total. The van der Waals surface area contributed by atoms with Crippen LogP contribution in [-0.2, 0) is 12.6 Å². The van der Waals surface area contributed by atoms with Crippen molar-refractivity contribution < 1.29 is 17.9 Å². The van der Waals surface area contributed by atoms with E-state index < -0.39 is 11.7 Å². The second-order valence-electron chi connectivity index (χ2n) is 7.32. The zero-order chi connectivity index (χ0) is 21.7. The molecule has 1 heterocycles. The molecule has 3 rings (SSSR count). The van der Waals surface area contributed by atoms with Gasteiger partial charge in [-0.05, 0) is 79.8 Å². The van der Waals surface area contributed by atoms with Crippen LogP contribution in [0.25, 0.3) is 22.2 Å². The summed E-state index contributed by atoms with van der Waals surface area (Å²) in [4.78, 5) is 3.03. The molecule has 30 heavy (non-hydrogen) atoms. The van der Waals surface area contributed by atoms with Gasteiger partial charge in [0, 0.05) is 16.1 Å². The number of fused-ring (bicyclic) bond motifs is 1. The van der Waals surface area contributed by atoms with Crippen LogP contribution in [0.1, 0.15) is 43.7 Å². The lowest BCUT2D eigenvalue weighted by molar-refractivity contribution is -0.136. The summed E-state index contributed by atoms with van der Waals surface area (Å²) in [6, 6.07) is 10.0. The average Bonchev–Trinajstić information content (AvgIpc) is 3.06. The molecule has 0 amide bonds. The number of halogens is 4. The largest absolute Gasteiger partial charge is 0.494 e. The second-order valence-corrected chi connectivity index (χ2v) is 7.76. The summed E-state index contributed by atoms with van der Waals surface area (Å²) in [5, 5.41) is 0.574. The van der Waals surface area contributed by atoms with E-state index in [2.05, 4.69) is 11.9 Å². The van der Waals surface area contributed by atoms with Crippen LogP contribution in [0.15, 0.2) is 36.4 Å². The summed E-state index contributed by atoms with van der Waals surface area (Å²) in [6.07, 6.45) is -0.305. The number of hydrogen-bond donors (Lipinski definition) is 2. The zero-order valence-electron chi connectivity index (χ0n) is 16.9. The number of aromatic nitrogens is 1. The maximum atomic E-state index is 13.6. The Morgan fingerprint density at radius 1 is 1.07 bits per heavy atom. The molecule has 0 bridgehead atoms. The molecular weight excluding hydrogens is 413 g/mol. The highest BCUT2D eigenvalue weighted by atomic mass is 35.5. The van der Waals surface area contributed by atoms with Crippen LogP contribution in [0.4, 0.5) is 13.2 Å². The molecule has 0 aliphatic heterocycles. The van der Waals surface area contributed by atoms with Gasteiger partial charge in [0.25, 0.3) is 0 Å². The summed E-state index contributed by atoms with van der Waals surface area (Å²) in [5.74, 6) is 0.743. The summed E-state index contributed by atoms with van der Waals surface area (Å²) in [6.45, 7) is 3.27. The number of nitrogens with one attached hydrogen (secondary N) is 1. The van der Waals surface area contributed by atoms with Gasteiger partial charge in [0.05, 0.1) is 17.7 Å². The number of aromatic amines is 1. The van der Waals surface area contributed by atoms with E-state index in [0.717, 1.165) is 48.6 Å². The van der Waals surface area contributed by atoms with Crippen molar-refractivity contribution in [2.24, 2.45) is 5.73 Å². The van der Waals surface area contributed by atoms with E-state index in [1.807, 2.05) is 24.3 Å². The fraction of sp³-hybridized carbons (Fsp3) is 0.391. The number of nitrogens with two attached hydrogens (primary N) is 1. The monoisotopic (exact) mass is 438 g/mol. The predicted molar refractivity (Wildman–Crippen MR) is 116 cm³/mol. The Morgan fingerprint density at radius 2 is 1.80 bits per heavy atom. The normalized spacial score (nSPS) is 11.9. The minimum absolute atomic E-state index is 0.0629. The average molecular weight is 439 g/mol. The van der Waals surface area contributed by atoms with Crippen molar-refractivity contribution in [1.82, 2.24) is 4.98 Å². The van der Waals surface area contributed by atoms with Gasteiger partial charge in [-0.25, -0.2) is 0 Å². The Balaban J connectivity index is 2.07. The first-order valence-electron chi connectivity index (χ1n) is 10.2. The van der Waals surface area contributed by atoms with Gasteiger partial charge in [-0.2, -0.15) is 13.2 Å². The highest BCUT2D eigenvalue weighted by Crippen LogP contribution is 2.41. The quantitative estimate of drug-likeness (QED) is 0.354. The lowest BCUT2D eigenvalue weighted by Gasteiger charge is -2.09. The number of unbranched alkanes of at least 4 members (excludes halogenated alkanes) is 2. The topological polar surface area (TPSA) is 51.0 Å². The Bertz CT molecular complexity index is 981. The molecule has 0 atom stereocenters. The van der Waals surface area contributed by atoms with Crippen LogP contribution in [0.5, 0.6) is 5.75 Å². The van der Waals surface area contributed by atoms with Crippen LogP contribution in [0, 0.1) is 0 Å². The zero-order valence-corrected chi connectivity index (χ0v) is 17.7. The second kappa shape index (κ2) is 9.75. The highest BCUT2D eigenvalue weighted by molar-refractivity contribution is 6.31. The maximum Gasteiger partial charge on any atom is 0.418 e. The molecule has 0 unspecified atom stereocenters. The fourth-order valence-corrected chi connectivity index (χ4v) is 3.76. The number of benzene rings is 2. The van der Waals surface area contributed by atoms with Gasteiger partial charge < -0.3 is 15.5 Å². The first kappa shape index (κ1) is 22.5. The van der Waals surface area contributed by atoms with Crippen molar-refractivity contribution in [2.75, 3.05) is 13.2 Å². The Hall–Kier alpha value is -2.18. The minimum Gasteiger partial charge on any atom is -0.494 e. The van der Waals surface area contributed by atoms with Crippen LogP contribution in [0.2, 0.25) is 5.02 Å². The smallest absolute Gasteiger partial charge is 0.418 e. The molecule has 0 spiro atoms. The fourth-order valence-electron chi connectivity index (χ4n) is 3.54. The van der Waals surface area contributed by atoms with Crippen LogP contribution in [-0.4, -0.2) is 18.1 Å². The SMILES string of the molecule is CCCCOc1ccc(-c2[nH]c3c(C(F)(F)F)cc(Cl)cc3c2CCCCN)cc1. The first-order valence-corrected chi connectivity index (χ1v) is 10.6. The molecule has 0 saturated heterocycles. The molecule has 3 nitrogen and oxygen atoms in total. The summed E-state index contributed by atoms with van der Waals surface area (Å²) in [7, 11) is 0. The van der Waals surface area contributed by atoms with E-state index in [9.17, 15) is 13.2 Å². The molecule has 0 aliphatic rings. The van der Waals surface area contributed by atoms with Gasteiger partial charge in [-0.15, -0.1) is 0 Å². The van der Waals surface area contributed by atoms with E-state index >= 15 is 0 Å². The van der Waals surface area contributed by atoms with Crippen LogP contribution < -0.4 is 10.5 Å². The summed E-state index contributed by atoms with van der Waals surface area (Å²) < 4.78 is 46.6. The third-order valence-electron chi connectivity index (χ3n) is 5.08. The molecule has 2 aromatic carbocycles. The van der Waals surface area contributed by atoms with Crippen molar-refractivity contribution in [3.63, 3.8) is 0 Å². The molecule has 0 fully saturated rings. The van der Waals surface area contributed by atoms with Gasteiger partial charge in [-0.1, -0.05) is 24.9 Å². The lowest BCUT2D eigenvalue weighted by atomic mass is 9.99. The van der Waals surface area contributed by atoms with E-state index in [4.69, 9.17) is 22.1 Å². The van der Waals surface area contributed by atoms with Crippen molar-refractivity contribution in [2.45, 2.75) is 45.2 Å². The molecule has 162 valence electrons. The van der Waals surface area contributed by atoms with Crippen LogP contribution >= 0.6 is 11.6 Å². The number of aryl methyl sites for hydroxylation is 1. The van der Waals surface area contributed by atoms with Gasteiger partial charge in [0.1, 0.15) is 5.75 Å². The van der Waals surface area contributed by atoms with E-state index in [-0.39, 0.29) is 10.5 Å². The third kappa shape index (κ3) is 5.10.